The quantitative estimate of drug-likeness (QED) is 0.281. The maximum Gasteiger partial charge on any atom is 0.261 e. The molecular weight excluding hydrogens is 436 g/mol. The summed E-state index contributed by atoms with van der Waals surface area (Å²) in [5.74, 6) is -0.441. The number of nitrogens with one attached hydrogen (secondary N) is 2. The fourth-order valence-electron chi connectivity index (χ4n) is 4.06. The standard InChI is InChI=1S/C29H32N4O2/c1-4-5-6-7-16-33-19-23(18-30-33)26-17-25(22-12-8-20(2)9-13-22)27(29(35)32-26)28(34)31-24-14-10-21(3)11-15-24/h8-15,17-19H,4-7,16H2,1-3H3,(H,31,34)(H,32,35). The number of unbranched alkanes of at least 4 members (excludes halogenated alkanes) is 3. The molecular formula is C29H32N4O2. The minimum atomic E-state index is -0.441. The molecule has 1 amide bonds. The molecule has 2 heterocycles. The predicted octanol–water partition coefficient (Wildman–Crippen LogP) is 6.35. The van der Waals surface area contributed by atoms with Crippen molar-refractivity contribution in [2.75, 3.05) is 5.32 Å². The number of nitrogens with zero attached hydrogens (tertiary/aromatic N) is 2. The molecule has 0 aliphatic rings. The van der Waals surface area contributed by atoms with Crippen molar-refractivity contribution in [3.63, 3.8) is 0 Å². The van der Waals surface area contributed by atoms with Crippen LogP contribution in [0.4, 0.5) is 5.69 Å². The zero-order valence-electron chi connectivity index (χ0n) is 20.6. The van der Waals surface area contributed by atoms with Crippen LogP contribution in [0.25, 0.3) is 22.4 Å². The van der Waals surface area contributed by atoms with E-state index in [2.05, 4.69) is 22.3 Å². The van der Waals surface area contributed by atoms with Crippen LogP contribution in [-0.4, -0.2) is 20.7 Å². The lowest BCUT2D eigenvalue weighted by Crippen LogP contribution is -2.25. The van der Waals surface area contributed by atoms with Gasteiger partial charge in [0.2, 0.25) is 0 Å². The van der Waals surface area contributed by atoms with Crippen LogP contribution in [0.2, 0.25) is 0 Å². The molecule has 0 radical (unpaired) electrons. The molecule has 0 fully saturated rings. The zero-order valence-corrected chi connectivity index (χ0v) is 20.6. The molecule has 4 rings (SSSR count). The molecule has 4 aromatic rings. The summed E-state index contributed by atoms with van der Waals surface area (Å²) < 4.78 is 1.91. The third-order valence-corrected chi connectivity index (χ3v) is 6.12. The van der Waals surface area contributed by atoms with Crippen LogP contribution in [-0.2, 0) is 6.54 Å². The maximum atomic E-state index is 13.3. The van der Waals surface area contributed by atoms with Crippen LogP contribution in [0.5, 0.6) is 0 Å². The van der Waals surface area contributed by atoms with E-state index >= 15 is 0 Å². The largest absolute Gasteiger partial charge is 0.322 e. The summed E-state index contributed by atoms with van der Waals surface area (Å²) in [5, 5.41) is 7.34. The van der Waals surface area contributed by atoms with Gasteiger partial charge >= 0.3 is 0 Å². The Balaban J connectivity index is 1.70. The number of anilines is 1. The molecule has 6 heteroatoms. The minimum absolute atomic E-state index is 0.0881. The van der Waals surface area contributed by atoms with Crippen molar-refractivity contribution in [2.24, 2.45) is 0 Å². The van der Waals surface area contributed by atoms with Gasteiger partial charge in [-0.15, -0.1) is 0 Å². The molecule has 0 spiro atoms. The van der Waals surface area contributed by atoms with E-state index in [0.717, 1.165) is 35.2 Å². The number of hydrogen-bond donors (Lipinski definition) is 2. The minimum Gasteiger partial charge on any atom is -0.322 e. The van der Waals surface area contributed by atoms with Gasteiger partial charge in [0.05, 0.1) is 11.9 Å². The van der Waals surface area contributed by atoms with E-state index in [1.807, 2.05) is 79.3 Å². The van der Waals surface area contributed by atoms with Crippen LogP contribution in [0.1, 0.15) is 54.1 Å². The molecule has 0 unspecified atom stereocenters. The SMILES string of the molecule is CCCCCCn1cc(-c2cc(-c3ccc(C)cc3)c(C(=O)Nc3ccc(C)cc3)c(=O)[nH]2)cn1. The van der Waals surface area contributed by atoms with Gasteiger partial charge in [-0.2, -0.15) is 5.10 Å². The van der Waals surface area contributed by atoms with Gasteiger partial charge in [-0.3, -0.25) is 14.3 Å². The zero-order chi connectivity index (χ0) is 24.8. The van der Waals surface area contributed by atoms with Crippen molar-refractivity contribution >= 4 is 11.6 Å². The molecule has 35 heavy (non-hydrogen) atoms. The molecule has 0 atom stereocenters. The predicted molar refractivity (Wildman–Crippen MR) is 142 cm³/mol. The van der Waals surface area contributed by atoms with Gasteiger partial charge in [-0.05, 0) is 44.0 Å². The van der Waals surface area contributed by atoms with Gasteiger partial charge in [-0.25, -0.2) is 0 Å². The van der Waals surface area contributed by atoms with Gasteiger partial charge in [0.1, 0.15) is 5.56 Å². The van der Waals surface area contributed by atoms with Crippen LogP contribution >= 0.6 is 0 Å². The van der Waals surface area contributed by atoms with Crippen molar-refractivity contribution < 1.29 is 4.79 Å². The number of aryl methyl sites for hydroxylation is 3. The number of amides is 1. The molecule has 0 aliphatic heterocycles. The summed E-state index contributed by atoms with van der Waals surface area (Å²) in [7, 11) is 0. The molecule has 6 nitrogen and oxygen atoms in total. The van der Waals surface area contributed by atoms with Crippen molar-refractivity contribution in [1.29, 1.82) is 0 Å². The van der Waals surface area contributed by atoms with Gasteiger partial charge in [0, 0.05) is 29.6 Å². The molecule has 0 bridgehead atoms. The number of pyridine rings is 1. The Morgan fingerprint density at radius 3 is 2.31 bits per heavy atom. The molecule has 180 valence electrons. The fourth-order valence-corrected chi connectivity index (χ4v) is 4.06. The number of benzene rings is 2. The second-order valence-corrected chi connectivity index (χ2v) is 9.04. The average molecular weight is 469 g/mol. The first kappa shape index (κ1) is 24.2. The Hall–Kier alpha value is -3.93. The smallest absolute Gasteiger partial charge is 0.261 e. The molecule has 2 aromatic heterocycles. The van der Waals surface area contributed by atoms with Crippen LogP contribution in [0.3, 0.4) is 0 Å². The number of H-pyrrole nitrogens is 1. The Bertz CT molecular complexity index is 1350. The topological polar surface area (TPSA) is 79.8 Å². The highest BCUT2D eigenvalue weighted by Crippen LogP contribution is 2.27. The molecule has 0 saturated heterocycles. The first-order valence-electron chi connectivity index (χ1n) is 12.2. The monoisotopic (exact) mass is 468 g/mol. The maximum absolute atomic E-state index is 13.3. The lowest BCUT2D eigenvalue weighted by Gasteiger charge is -2.12. The highest BCUT2D eigenvalue weighted by Gasteiger charge is 2.20. The van der Waals surface area contributed by atoms with Crippen LogP contribution < -0.4 is 10.9 Å². The van der Waals surface area contributed by atoms with Crippen molar-refractivity contribution in [1.82, 2.24) is 14.8 Å². The van der Waals surface area contributed by atoms with E-state index in [-0.39, 0.29) is 5.56 Å². The van der Waals surface area contributed by atoms with Gasteiger partial charge < -0.3 is 10.3 Å². The molecule has 2 aromatic carbocycles. The van der Waals surface area contributed by atoms with Crippen molar-refractivity contribution in [3.05, 3.63) is 94.0 Å². The van der Waals surface area contributed by atoms with Gasteiger partial charge in [-0.1, -0.05) is 73.7 Å². The Labute approximate surface area is 206 Å². The first-order chi connectivity index (χ1) is 16.9. The van der Waals surface area contributed by atoms with Crippen molar-refractivity contribution in [3.8, 4) is 22.4 Å². The summed E-state index contributed by atoms with van der Waals surface area (Å²) in [4.78, 5) is 29.4. The van der Waals surface area contributed by atoms with Crippen LogP contribution in [0.15, 0.2) is 71.8 Å². The van der Waals surface area contributed by atoms with E-state index in [0.29, 0.717) is 16.9 Å². The molecule has 0 aliphatic carbocycles. The highest BCUT2D eigenvalue weighted by molar-refractivity contribution is 6.08. The number of carbonyl (C=O) groups is 1. The second-order valence-electron chi connectivity index (χ2n) is 9.04. The molecule has 2 N–H and O–H groups in total. The summed E-state index contributed by atoms with van der Waals surface area (Å²) in [5.41, 5.74) is 5.35. The number of aromatic nitrogens is 3. The summed E-state index contributed by atoms with van der Waals surface area (Å²) in [6.45, 7) is 7.02. The third-order valence-electron chi connectivity index (χ3n) is 6.12. The second kappa shape index (κ2) is 11.0. The Morgan fingerprint density at radius 1 is 0.943 bits per heavy atom. The van der Waals surface area contributed by atoms with E-state index in [1.165, 1.54) is 19.3 Å². The first-order valence-corrected chi connectivity index (χ1v) is 12.2. The lowest BCUT2D eigenvalue weighted by molar-refractivity contribution is 0.102. The fraction of sp³-hybridized carbons (Fsp3) is 0.276. The van der Waals surface area contributed by atoms with Gasteiger partial charge in [0.15, 0.2) is 0 Å². The summed E-state index contributed by atoms with van der Waals surface area (Å²) in [6.07, 6.45) is 8.35. The van der Waals surface area contributed by atoms with Gasteiger partial charge in [0.25, 0.3) is 11.5 Å². The number of carbonyl (C=O) groups excluding carboxylic acids is 1. The molecule has 0 saturated carbocycles. The Kier molecular flexibility index (Phi) is 7.60. The number of hydrogen-bond acceptors (Lipinski definition) is 3. The highest BCUT2D eigenvalue weighted by atomic mass is 16.2. The van der Waals surface area contributed by atoms with E-state index in [9.17, 15) is 9.59 Å². The normalized spacial score (nSPS) is 10.9. The van der Waals surface area contributed by atoms with Crippen LogP contribution in [0, 0.1) is 13.8 Å². The average Bonchev–Trinajstić information content (AvgIpc) is 3.32. The van der Waals surface area contributed by atoms with E-state index in [4.69, 9.17) is 0 Å². The summed E-state index contributed by atoms with van der Waals surface area (Å²) >= 11 is 0. The number of aromatic amines is 1. The summed E-state index contributed by atoms with van der Waals surface area (Å²) in [6, 6.07) is 17.2. The van der Waals surface area contributed by atoms with E-state index < -0.39 is 11.5 Å². The van der Waals surface area contributed by atoms with Crippen molar-refractivity contribution in [2.45, 2.75) is 53.0 Å². The Morgan fingerprint density at radius 2 is 1.63 bits per heavy atom. The lowest BCUT2D eigenvalue weighted by atomic mass is 9.98. The number of rotatable bonds is 9. The third kappa shape index (κ3) is 5.96. The van der Waals surface area contributed by atoms with E-state index in [1.54, 1.807) is 6.20 Å².